The fourth-order valence-electron chi connectivity index (χ4n) is 3.90. The lowest BCUT2D eigenvalue weighted by Crippen LogP contribution is -2.52. The van der Waals surface area contributed by atoms with Gasteiger partial charge in [0.15, 0.2) is 6.17 Å². The zero-order valence-electron chi connectivity index (χ0n) is 14.0. The van der Waals surface area contributed by atoms with Gasteiger partial charge in [-0.1, -0.05) is 43.2 Å². The molecule has 6 nitrogen and oxygen atoms in total. The van der Waals surface area contributed by atoms with Crippen LogP contribution in [0.5, 0.6) is 0 Å². The number of hydrogen-bond donors (Lipinski definition) is 0. The highest BCUT2D eigenvalue weighted by Crippen LogP contribution is 2.27. The molecule has 0 aliphatic carbocycles. The Labute approximate surface area is 142 Å². The summed E-state index contributed by atoms with van der Waals surface area (Å²) in [5, 5.41) is 11.7. The average Bonchev–Trinajstić information content (AvgIpc) is 2.98. The third-order valence-electron chi connectivity index (χ3n) is 5.13. The van der Waals surface area contributed by atoms with Crippen LogP contribution in [-0.2, 0) is 11.3 Å². The van der Waals surface area contributed by atoms with Gasteiger partial charge in [0.05, 0.1) is 0 Å². The zero-order valence-corrected chi connectivity index (χ0v) is 14.0. The highest BCUT2D eigenvalue weighted by atomic mass is 16.6. The second-order valence-electron chi connectivity index (χ2n) is 6.76. The van der Waals surface area contributed by atoms with Crippen molar-refractivity contribution < 1.29 is 9.72 Å². The molecule has 2 fully saturated rings. The van der Waals surface area contributed by atoms with Gasteiger partial charge in [0.2, 0.25) is 11.9 Å². The third kappa shape index (κ3) is 3.75. The maximum Gasteiger partial charge on any atom is 0.246 e. The summed E-state index contributed by atoms with van der Waals surface area (Å²) in [6, 6.07) is 9.29. The van der Waals surface area contributed by atoms with E-state index in [0.717, 1.165) is 31.2 Å². The molecule has 2 atom stereocenters. The Morgan fingerprint density at radius 1 is 1.08 bits per heavy atom. The smallest absolute Gasteiger partial charge is 0.246 e. The first kappa shape index (κ1) is 16.9. The molecule has 130 valence electrons. The highest BCUT2D eigenvalue weighted by molar-refractivity contribution is 5.76. The first-order valence-corrected chi connectivity index (χ1v) is 8.88. The molecule has 2 heterocycles. The SMILES string of the molecule is O=C1CCCCCCC([N+](=O)[O-])C2N(Cc3ccccc3)CCN12. The number of fused-ring (bicyclic) bond motifs is 1. The number of nitro groups is 1. The van der Waals surface area contributed by atoms with Crippen molar-refractivity contribution >= 4 is 5.91 Å². The summed E-state index contributed by atoms with van der Waals surface area (Å²) >= 11 is 0. The molecule has 1 amide bonds. The van der Waals surface area contributed by atoms with Crippen molar-refractivity contribution in [1.29, 1.82) is 0 Å². The monoisotopic (exact) mass is 331 g/mol. The van der Waals surface area contributed by atoms with Crippen LogP contribution in [0.3, 0.4) is 0 Å². The molecule has 24 heavy (non-hydrogen) atoms. The van der Waals surface area contributed by atoms with Crippen LogP contribution in [-0.4, -0.2) is 45.9 Å². The minimum Gasteiger partial charge on any atom is -0.319 e. The Hall–Kier alpha value is -1.95. The zero-order chi connectivity index (χ0) is 16.9. The van der Waals surface area contributed by atoms with Crippen molar-refractivity contribution in [3.05, 3.63) is 46.0 Å². The van der Waals surface area contributed by atoms with E-state index in [-0.39, 0.29) is 10.8 Å². The van der Waals surface area contributed by atoms with Crippen molar-refractivity contribution in [2.75, 3.05) is 13.1 Å². The van der Waals surface area contributed by atoms with Crippen molar-refractivity contribution in [3.8, 4) is 0 Å². The van der Waals surface area contributed by atoms with Gasteiger partial charge in [0.1, 0.15) is 0 Å². The maximum atomic E-state index is 12.6. The average molecular weight is 331 g/mol. The van der Waals surface area contributed by atoms with Crippen molar-refractivity contribution in [2.24, 2.45) is 0 Å². The van der Waals surface area contributed by atoms with Gasteiger partial charge < -0.3 is 4.90 Å². The van der Waals surface area contributed by atoms with E-state index in [1.165, 1.54) is 0 Å². The summed E-state index contributed by atoms with van der Waals surface area (Å²) in [6.07, 6.45) is 4.37. The number of hydrogen-bond acceptors (Lipinski definition) is 4. The Bertz CT molecular complexity index is 578. The molecule has 6 heteroatoms. The van der Waals surface area contributed by atoms with Gasteiger partial charge in [-0.3, -0.25) is 19.8 Å². The lowest BCUT2D eigenvalue weighted by Gasteiger charge is -2.32. The number of nitrogens with zero attached hydrogens (tertiary/aromatic N) is 3. The van der Waals surface area contributed by atoms with E-state index < -0.39 is 12.2 Å². The Kier molecular flexibility index (Phi) is 5.45. The molecule has 0 spiro atoms. The fraction of sp³-hybridized carbons (Fsp3) is 0.611. The molecule has 0 saturated carbocycles. The van der Waals surface area contributed by atoms with E-state index in [1.54, 1.807) is 4.90 Å². The summed E-state index contributed by atoms with van der Waals surface area (Å²) < 4.78 is 0. The van der Waals surface area contributed by atoms with E-state index in [0.29, 0.717) is 32.5 Å². The minimum atomic E-state index is -0.696. The number of benzene rings is 1. The number of carbonyl (C=O) groups is 1. The molecule has 2 aliphatic rings. The van der Waals surface area contributed by atoms with Crippen LogP contribution in [0.15, 0.2) is 30.3 Å². The van der Waals surface area contributed by atoms with Gasteiger partial charge in [-0.25, -0.2) is 0 Å². The van der Waals surface area contributed by atoms with E-state index in [4.69, 9.17) is 0 Å². The first-order valence-electron chi connectivity index (χ1n) is 8.88. The molecule has 1 aromatic carbocycles. The van der Waals surface area contributed by atoms with Crippen molar-refractivity contribution in [2.45, 2.75) is 57.3 Å². The number of rotatable bonds is 3. The van der Waals surface area contributed by atoms with Crippen molar-refractivity contribution in [3.63, 3.8) is 0 Å². The van der Waals surface area contributed by atoms with Gasteiger partial charge in [0, 0.05) is 37.4 Å². The molecule has 3 rings (SSSR count). The molecule has 2 saturated heterocycles. The molecular weight excluding hydrogens is 306 g/mol. The van der Waals surface area contributed by atoms with E-state index >= 15 is 0 Å². The van der Waals surface area contributed by atoms with Crippen LogP contribution in [0.4, 0.5) is 0 Å². The molecule has 0 bridgehead atoms. The standard InChI is InChI=1S/C18H25N3O3/c22-17-11-7-2-1-6-10-16(21(23)24)18-19(12-13-20(17)18)14-15-8-4-3-5-9-15/h3-5,8-9,16,18H,1-2,6-7,10-14H2. The van der Waals surface area contributed by atoms with Gasteiger partial charge in [-0.15, -0.1) is 0 Å². The van der Waals surface area contributed by atoms with E-state index in [9.17, 15) is 14.9 Å². The van der Waals surface area contributed by atoms with Crippen LogP contribution >= 0.6 is 0 Å². The maximum absolute atomic E-state index is 12.6. The quantitative estimate of drug-likeness (QED) is 0.631. The molecule has 2 aliphatic heterocycles. The molecule has 1 aromatic rings. The third-order valence-corrected chi connectivity index (χ3v) is 5.13. The minimum absolute atomic E-state index is 0.0734. The van der Waals surface area contributed by atoms with Gasteiger partial charge >= 0.3 is 0 Å². The molecule has 0 aromatic heterocycles. The van der Waals surface area contributed by atoms with Gasteiger partial charge in [-0.2, -0.15) is 0 Å². The normalized spacial score (nSPS) is 26.2. The van der Waals surface area contributed by atoms with Crippen LogP contribution in [0.2, 0.25) is 0 Å². The summed E-state index contributed by atoms with van der Waals surface area (Å²) in [5.74, 6) is 0.0734. The van der Waals surface area contributed by atoms with Gasteiger partial charge in [0.25, 0.3) is 0 Å². The summed E-state index contributed by atoms with van der Waals surface area (Å²) in [4.78, 5) is 28.0. The van der Waals surface area contributed by atoms with E-state index in [1.807, 2.05) is 30.3 Å². The lowest BCUT2D eigenvalue weighted by atomic mass is 10.0. The summed E-state index contributed by atoms with van der Waals surface area (Å²) in [7, 11) is 0. The van der Waals surface area contributed by atoms with Crippen LogP contribution in [0.1, 0.15) is 44.1 Å². The molecule has 0 N–H and O–H groups in total. The largest absolute Gasteiger partial charge is 0.319 e. The summed E-state index contributed by atoms with van der Waals surface area (Å²) in [6.45, 7) is 1.95. The second kappa shape index (κ2) is 7.75. The Morgan fingerprint density at radius 2 is 1.83 bits per heavy atom. The first-order chi connectivity index (χ1) is 11.7. The second-order valence-corrected chi connectivity index (χ2v) is 6.76. The highest BCUT2D eigenvalue weighted by Gasteiger charge is 2.45. The van der Waals surface area contributed by atoms with Crippen molar-refractivity contribution in [1.82, 2.24) is 9.80 Å². The predicted octanol–water partition coefficient (Wildman–Crippen LogP) is 2.66. The Morgan fingerprint density at radius 3 is 2.58 bits per heavy atom. The number of amides is 1. The topological polar surface area (TPSA) is 66.7 Å². The van der Waals surface area contributed by atoms with Gasteiger partial charge in [-0.05, 0) is 18.4 Å². The molecule has 2 unspecified atom stereocenters. The van der Waals surface area contributed by atoms with E-state index in [2.05, 4.69) is 4.90 Å². The predicted molar refractivity (Wildman–Crippen MR) is 90.8 cm³/mol. The molecular formula is C18H25N3O3. The van der Waals surface area contributed by atoms with Crippen LogP contribution < -0.4 is 0 Å². The van der Waals surface area contributed by atoms with Crippen LogP contribution in [0, 0.1) is 10.1 Å². The summed E-state index contributed by atoms with van der Waals surface area (Å²) in [5.41, 5.74) is 1.13. The molecule has 0 radical (unpaired) electrons. The fourth-order valence-corrected chi connectivity index (χ4v) is 3.90. The lowest BCUT2D eigenvalue weighted by molar-refractivity contribution is -0.535. The Balaban J connectivity index is 1.84. The van der Waals surface area contributed by atoms with Crippen LogP contribution in [0.25, 0.3) is 0 Å². The number of carbonyl (C=O) groups excluding carboxylic acids is 1.